The maximum Gasteiger partial charge on any atom is 0.191 e. The number of hydrogen-bond acceptors (Lipinski definition) is 4. The van der Waals surface area contributed by atoms with Crippen LogP contribution in [0, 0.1) is 5.92 Å². The van der Waals surface area contributed by atoms with E-state index in [9.17, 15) is 0 Å². The highest BCUT2D eigenvalue weighted by Gasteiger charge is 2.15. The Hall–Kier alpha value is -0.460. The van der Waals surface area contributed by atoms with Crippen molar-refractivity contribution in [1.29, 1.82) is 0 Å². The quantitative estimate of drug-likeness (QED) is 0.362. The number of guanidine groups is 1. The summed E-state index contributed by atoms with van der Waals surface area (Å²) in [4.78, 5) is 4.67. The van der Waals surface area contributed by atoms with Gasteiger partial charge in [0.25, 0.3) is 0 Å². The SMILES string of the molecule is CCNC(=NCC(C)(C)SC)NCCCOCC1CCOCC1. The van der Waals surface area contributed by atoms with Gasteiger partial charge in [0.1, 0.15) is 0 Å². The Morgan fingerprint density at radius 2 is 2.04 bits per heavy atom. The van der Waals surface area contributed by atoms with Crippen molar-refractivity contribution in [3.63, 3.8) is 0 Å². The molecule has 1 rings (SSSR count). The van der Waals surface area contributed by atoms with Gasteiger partial charge in [0.2, 0.25) is 0 Å². The second-order valence-corrected chi connectivity index (χ2v) is 8.08. The van der Waals surface area contributed by atoms with Crippen molar-refractivity contribution in [2.24, 2.45) is 10.9 Å². The Bertz CT molecular complexity index is 332. The third kappa shape index (κ3) is 10.1. The van der Waals surface area contributed by atoms with Crippen LogP contribution in [0.15, 0.2) is 4.99 Å². The van der Waals surface area contributed by atoms with Crippen LogP contribution in [-0.4, -0.2) is 63.0 Å². The third-order valence-electron chi connectivity index (χ3n) is 3.97. The van der Waals surface area contributed by atoms with Crippen LogP contribution in [0.4, 0.5) is 0 Å². The Morgan fingerprint density at radius 1 is 1.30 bits per heavy atom. The molecule has 0 spiro atoms. The lowest BCUT2D eigenvalue weighted by Crippen LogP contribution is -2.39. The van der Waals surface area contributed by atoms with E-state index in [1.54, 1.807) is 0 Å². The van der Waals surface area contributed by atoms with E-state index in [0.29, 0.717) is 5.92 Å². The monoisotopic (exact) mass is 345 g/mol. The lowest BCUT2D eigenvalue weighted by atomic mass is 10.0. The summed E-state index contributed by atoms with van der Waals surface area (Å²) in [6.45, 7) is 12.6. The predicted octanol–water partition coefficient (Wildman–Crippen LogP) is 2.52. The molecule has 1 fully saturated rings. The van der Waals surface area contributed by atoms with Gasteiger partial charge in [-0.05, 0) is 52.2 Å². The summed E-state index contributed by atoms with van der Waals surface area (Å²) in [6.07, 6.45) is 5.41. The van der Waals surface area contributed by atoms with E-state index in [1.807, 2.05) is 11.8 Å². The molecule has 0 atom stereocenters. The largest absolute Gasteiger partial charge is 0.381 e. The van der Waals surface area contributed by atoms with Crippen molar-refractivity contribution in [1.82, 2.24) is 10.6 Å². The number of rotatable bonds is 10. The molecule has 6 heteroatoms. The predicted molar refractivity (Wildman–Crippen MR) is 101 cm³/mol. The fourth-order valence-electron chi connectivity index (χ4n) is 2.22. The zero-order valence-corrected chi connectivity index (χ0v) is 16.1. The number of ether oxygens (including phenoxy) is 2. The van der Waals surface area contributed by atoms with Crippen molar-refractivity contribution < 1.29 is 9.47 Å². The van der Waals surface area contributed by atoms with E-state index in [2.05, 4.69) is 42.7 Å². The van der Waals surface area contributed by atoms with E-state index >= 15 is 0 Å². The molecule has 1 heterocycles. The van der Waals surface area contributed by atoms with Gasteiger partial charge >= 0.3 is 0 Å². The summed E-state index contributed by atoms with van der Waals surface area (Å²) < 4.78 is 11.3. The molecule has 0 saturated carbocycles. The van der Waals surface area contributed by atoms with Gasteiger partial charge in [0.05, 0.1) is 6.54 Å². The van der Waals surface area contributed by atoms with Crippen molar-refractivity contribution in [2.75, 3.05) is 52.3 Å². The number of nitrogens with zero attached hydrogens (tertiary/aromatic N) is 1. The molecule has 0 amide bonds. The minimum absolute atomic E-state index is 0.176. The molecule has 0 aromatic carbocycles. The lowest BCUT2D eigenvalue weighted by Gasteiger charge is -2.22. The third-order valence-corrected chi connectivity index (χ3v) is 5.20. The highest BCUT2D eigenvalue weighted by molar-refractivity contribution is 7.99. The molecule has 0 aromatic rings. The molecule has 1 aliphatic heterocycles. The minimum atomic E-state index is 0.176. The molecule has 0 aromatic heterocycles. The van der Waals surface area contributed by atoms with Crippen molar-refractivity contribution in [3.05, 3.63) is 0 Å². The molecular formula is C17H35N3O2S. The van der Waals surface area contributed by atoms with E-state index in [4.69, 9.17) is 9.47 Å². The maximum atomic E-state index is 5.79. The van der Waals surface area contributed by atoms with Crippen LogP contribution in [0.1, 0.15) is 40.0 Å². The average Bonchev–Trinajstić information content (AvgIpc) is 2.56. The number of nitrogens with one attached hydrogen (secondary N) is 2. The summed E-state index contributed by atoms with van der Waals surface area (Å²) in [5.74, 6) is 1.59. The van der Waals surface area contributed by atoms with Gasteiger partial charge in [-0.1, -0.05) is 0 Å². The number of hydrogen-bond donors (Lipinski definition) is 2. The first-order valence-corrected chi connectivity index (χ1v) is 10.0. The van der Waals surface area contributed by atoms with Gasteiger partial charge < -0.3 is 20.1 Å². The smallest absolute Gasteiger partial charge is 0.191 e. The van der Waals surface area contributed by atoms with Crippen LogP contribution in [0.5, 0.6) is 0 Å². The molecule has 5 nitrogen and oxygen atoms in total. The molecule has 0 unspecified atom stereocenters. The fraction of sp³-hybridized carbons (Fsp3) is 0.941. The van der Waals surface area contributed by atoms with E-state index in [0.717, 1.165) is 71.3 Å². The van der Waals surface area contributed by atoms with Gasteiger partial charge in [-0.15, -0.1) is 0 Å². The van der Waals surface area contributed by atoms with Crippen molar-refractivity contribution >= 4 is 17.7 Å². The second-order valence-electron chi connectivity index (χ2n) is 6.57. The Kier molecular flexibility index (Phi) is 10.7. The Morgan fingerprint density at radius 3 is 2.70 bits per heavy atom. The summed E-state index contributed by atoms with van der Waals surface area (Å²) in [6, 6.07) is 0. The molecule has 1 saturated heterocycles. The topological polar surface area (TPSA) is 54.9 Å². The second kappa shape index (κ2) is 12.0. The molecular weight excluding hydrogens is 310 g/mol. The number of aliphatic imine (C=N–C) groups is 1. The molecule has 136 valence electrons. The van der Waals surface area contributed by atoms with E-state index in [1.165, 1.54) is 0 Å². The standard InChI is InChI=1S/C17H35N3O2S/c1-5-18-16(20-14-17(2,3)23-4)19-9-6-10-22-13-15-7-11-21-12-8-15/h15H,5-14H2,1-4H3,(H2,18,19,20). The first-order chi connectivity index (χ1) is 11.1. The van der Waals surface area contributed by atoms with Crippen molar-refractivity contribution in [2.45, 2.75) is 44.8 Å². The average molecular weight is 346 g/mol. The molecule has 0 aliphatic carbocycles. The highest BCUT2D eigenvalue weighted by atomic mass is 32.2. The van der Waals surface area contributed by atoms with Gasteiger partial charge in [0, 0.05) is 44.3 Å². The minimum Gasteiger partial charge on any atom is -0.381 e. The van der Waals surface area contributed by atoms with Gasteiger partial charge in [0.15, 0.2) is 5.96 Å². The molecule has 2 N–H and O–H groups in total. The van der Waals surface area contributed by atoms with Gasteiger partial charge in [-0.3, -0.25) is 4.99 Å². The normalized spacial score (nSPS) is 17.3. The van der Waals surface area contributed by atoms with Crippen LogP contribution >= 0.6 is 11.8 Å². The van der Waals surface area contributed by atoms with Crippen LogP contribution in [0.25, 0.3) is 0 Å². The first-order valence-electron chi connectivity index (χ1n) is 8.80. The lowest BCUT2D eigenvalue weighted by molar-refractivity contribution is 0.0203. The highest BCUT2D eigenvalue weighted by Crippen LogP contribution is 2.20. The van der Waals surface area contributed by atoms with Crippen LogP contribution in [0.2, 0.25) is 0 Å². The first kappa shape index (κ1) is 20.6. The number of thioether (sulfide) groups is 1. The van der Waals surface area contributed by atoms with E-state index < -0.39 is 0 Å². The molecule has 0 bridgehead atoms. The Labute approximate surface area is 146 Å². The fourth-order valence-corrected chi connectivity index (χ4v) is 2.41. The van der Waals surface area contributed by atoms with Gasteiger partial charge in [-0.2, -0.15) is 11.8 Å². The molecule has 1 aliphatic rings. The summed E-state index contributed by atoms with van der Waals surface area (Å²) in [5, 5.41) is 6.68. The van der Waals surface area contributed by atoms with Crippen molar-refractivity contribution in [3.8, 4) is 0 Å². The van der Waals surface area contributed by atoms with Crippen LogP contribution < -0.4 is 10.6 Å². The summed E-state index contributed by atoms with van der Waals surface area (Å²) >= 11 is 1.84. The summed E-state index contributed by atoms with van der Waals surface area (Å²) in [5.41, 5.74) is 0. The maximum absolute atomic E-state index is 5.79. The molecule has 23 heavy (non-hydrogen) atoms. The van der Waals surface area contributed by atoms with E-state index in [-0.39, 0.29) is 4.75 Å². The van der Waals surface area contributed by atoms with Gasteiger partial charge in [-0.25, -0.2) is 0 Å². The van der Waals surface area contributed by atoms with Crippen LogP contribution in [-0.2, 0) is 9.47 Å². The molecule has 0 radical (unpaired) electrons. The zero-order chi connectivity index (χ0) is 17.0. The Balaban J connectivity index is 2.13. The van der Waals surface area contributed by atoms with Crippen LogP contribution in [0.3, 0.4) is 0 Å². The summed E-state index contributed by atoms with van der Waals surface area (Å²) in [7, 11) is 0. The zero-order valence-electron chi connectivity index (χ0n) is 15.3.